The van der Waals surface area contributed by atoms with Gasteiger partial charge in [0.1, 0.15) is 5.82 Å². The summed E-state index contributed by atoms with van der Waals surface area (Å²) < 4.78 is 5.95. The molecule has 0 bridgehead atoms. The molecule has 3 aromatic carbocycles. The lowest BCUT2D eigenvalue weighted by Crippen LogP contribution is -1.94. The highest BCUT2D eigenvalue weighted by Crippen LogP contribution is 2.31. The Balaban J connectivity index is 1.50. The summed E-state index contributed by atoms with van der Waals surface area (Å²) in [4.78, 5) is 8.35. The number of nitrogens with zero attached hydrogens (tertiary/aromatic N) is 3. The fraction of sp³-hybridized carbons (Fsp3) is 0.222. The van der Waals surface area contributed by atoms with E-state index in [0.29, 0.717) is 11.8 Å². The molecule has 5 heteroatoms. The fourth-order valence-corrected chi connectivity index (χ4v) is 4.27. The highest BCUT2D eigenvalue weighted by Gasteiger charge is 2.15. The molecule has 5 nitrogen and oxygen atoms in total. The average molecular weight is 423 g/mol. The number of fused-ring (bicyclic) bond motifs is 1. The zero-order valence-corrected chi connectivity index (χ0v) is 18.9. The molecule has 5 aromatic rings. The molecule has 0 unspecified atom stereocenters. The van der Waals surface area contributed by atoms with Gasteiger partial charge in [0.25, 0.3) is 0 Å². The van der Waals surface area contributed by atoms with E-state index in [2.05, 4.69) is 55.0 Å². The lowest BCUT2D eigenvalue weighted by molar-refractivity contribution is 0.584. The molecule has 1 N–H and O–H groups in total. The first kappa shape index (κ1) is 20.2. The van der Waals surface area contributed by atoms with Gasteiger partial charge in [-0.15, -0.1) is 10.2 Å². The Morgan fingerprint density at radius 2 is 1.47 bits per heavy atom. The Labute approximate surface area is 187 Å². The normalized spacial score (nSPS) is 11.4. The van der Waals surface area contributed by atoms with Crippen LogP contribution in [0.1, 0.15) is 35.6 Å². The molecule has 2 aromatic heterocycles. The number of hydrogen-bond acceptors (Lipinski definition) is 4. The van der Waals surface area contributed by atoms with Crippen molar-refractivity contribution in [3.63, 3.8) is 0 Å². The maximum Gasteiger partial charge on any atom is 0.248 e. The summed E-state index contributed by atoms with van der Waals surface area (Å²) in [5.41, 5.74) is 9.87. The summed E-state index contributed by atoms with van der Waals surface area (Å²) in [5.74, 6) is 1.90. The molecule has 0 aliphatic rings. The Morgan fingerprint density at radius 3 is 2.16 bits per heavy atom. The molecule has 0 fully saturated rings. The topological polar surface area (TPSA) is 67.6 Å². The molecular weight excluding hydrogens is 396 g/mol. The molecule has 160 valence electrons. The van der Waals surface area contributed by atoms with Crippen molar-refractivity contribution in [2.75, 3.05) is 0 Å². The number of aromatic amines is 1. The lowest BCUT2D eigenvalue weighted by atomic mass is 9.97. The Kier molecular flexibility index (Phi) is 5.10. The van der Waals surface area contributed by atoms with Crippen LogP contribution in [0.15, 0.2) is 59.0 Å². The fourth-order valence-electron chi connectivity index (χ4n) is 4.27. The molecule has 0 saturated heterocycles. The summed E-state index contributed by atoms with van der Waals surface area (Å²) in [7, 11) is 0. The number of H-pyrrole nitrogens is 1. The van der Waals surface area contributed by atoms with Gasteiger partial charge in [-0.2, -0.15) is 0 Å². The number of rotatable bonds is 5. The molecule has 0 saturated carbocycles. The van der Waals surface area contributed by atoms with Crippen molar-refractivity contribution in [3.8, 4) is 34.3 Å². The molecule has 32 heavy (non-hydrogen) atoms. The monoisotopic (exact) mass is 422 g/mol. The van der Waals surface area contributed by atoms with Gasteiger partial charge in [-0.3, -0.25) is 0 Å². The van der Waals surface area contributed by atoms with E-state index < -0.39 is 0 Å². The second kappa shape index (κ2) is 8.08. The van der Waals surface area contributed by atoms with E-state index >= 15 is 0 Å². The highest BCUT2D eigenvalue weighted by atomic mass is 16.4. The van der Waals surface area contributed by atoms with Crippen LogP contribution in [0.5, 0.6) is 0 Å². The van der Waals surface area contributed by atoms with E-state index in [1.165, 1.54) is 27.8 Å². The third kappa shape index (κ3) is 3.71. The van der Waals surface area contributed by atoms with E-state index in [0.717, 1.165) is 40.8 Å². The zero-order chi connectivity index (χ0) is 22.2. The van der Waals surface area contributed by atoms with Crippen LogP contribution in [0, 0.1) is 20.8 Å². The van der Waals surface area contributed by atoms with Crippen molar-refractivity contribution in [2.24, 2.45) is 0 Å². The largest absolute Gasteiger partial charge is 0.416 e. The minimum atomic E-state index is 0.495. The van der Waals surface area contributed by atoms with Crippen molar-refractivity contribution in [1.29, 1.82) is 0 Å². The van der Waals surface area contributed by atoms with Gasteiger partial charge >= 0.3 is 0 Å². The second-order valence-corrected chi connectivity index (χ2v) is 8.45. The predicted octanol–water partition coefficient (Wildman–Crippen LogP) is 6.82. The van der Waals surface area contributed by atoms with E-state index in [1.54, 1.807) is 0 Å². The van der Waals surface area contributed by atoms with Gasteiger partial charge in [-0.1, -0.05) is 43.2 Å². The van der Waals surface area contributed by atoms with Crippen LogP contribution >= 0.6 is 0 Å². The van der Waals surface area contributed by atoms with Gasteiger partial charge in [0.15, 0.2) is 0 Å². The van der Waals surface area contributed by atoms with Gasteiger partial charge < -0.3 is 9.40 Å². The SMILES string of the molecule is CCCc1cc(C)c(-c2nc3ccc(-c4nnc(-c5ccc(C)cc5)o4)cc3[nH]2)c(C)c1. The minimum absolute atomic E-state index is 0.495. The summed E-state index contributed by atoms with van der Waals surface area (Å²) in [6, 6.07) is 18.6. The van der Waals surface area contributed by atoms with Crippen molar-refractivity contribution in [3.05, 3.63) is 76.9 Å². The van der Waals surface area contributed by atoms with Crippen LogP contribution in [0.4, 0.5) is 0 Å². The lowest BCUT2D eigenvalue weighted by Gasteiger charge is -2.10. The van der Waals surface area contributed by atoms with Crippen LogP contribution < -0.4 is 0 Å². The Bertz CT molecular complexity index is 1390. The third-order valence-electron chi connectivity index (χ3n) is 5.82. The first-order chi connectivity index (χ1) is 15.5. The molecule has 0 amide bonds. The first-order valence-corrected chi connectivity index (χ1v) is 11.0. The predicted molar refractivity (Wildman–Crippen MR) is 128 cm³/mol. The van der Waals surface area contributed by atoms with E-state index in [9.17, 15) is 0 Å². The number of benzene rings is 3. The van der Waals surface area contributed by atoms with Gasteiger partial charge in [-0.05, 0) is 74.2 Å². The summed E-state index contributed by atoms with van der Waals surface area (Å²) in [5, 5.41) is 8.49. The first-order valence-electron chi connectivity index (χ1n) is 11.0. The smallest absolute Gasteiger partial charge is 0.248 e. The van der Waals surface area contributed by atoms with Gasteiger partial charge in [0, 0.05) is 16.7 Å². The highest BCUT2D eigenvalue weighted by molar-refractivity contribution is 5.84. The molecule has 2 heterocycles. The number of nitrogens with one attached hydrogen (secondary N) is 1. The van der Waals surface area contributed by atoms with Crippen molar-refractivity contribution in [1.82, 2.24) is 20.2 Å². The van der Waals surface area contributed by atoms with Crippen molar-refractivity contribution < 1.29 is 4.42 Å². The summed E-state index contributed by atoms with van der Waals surface area (Å²) >= 11 is 0. The Morgan fingerprint density at radius 1 is 0.812 bits per heavy atom. The maximum absolute atomic E-state index is 5.95. The van der Waals surface area contributed by atoms with E-state index in [4.69, 9.17) is 9.40 Å². The Hall–Kier alpha value is -3.73. The van der Waals surface area contributed by atoms with E-state index in [1.807, 2.05) is 42.5 Å². The summed E-state index contributed by atoms with van der Waals surface area (Å²) in [6.07, 6.45) is 2.24. The number of hydrogen-bond donors (Lipinski definition) is 1. The van der Waals surface area contributed by atoms with Gasteiger partial charge in [-0.25, -0.2) is 4.98 Å². The molecule has 0 aliphatic carbocycles. The molecular formula is C27H26N4O. The molecule has 0 aliphatic heterocycles. The number of aromatic nitrogens is 4. The van der Waals surface area contributed by atoms with Gasteiger partial charge in [0.2, 0.25) is 11.8 Å². The number of imidazole rings is 1. The van der Waals surface area contributed by atoms with Crippen LogP contribution in [0.2, 0.25) is 0 Å². The minimum Gasteiger partial charge on any atom is -0.416 e. The molecule has 0 radical (unpaired) electrons. The quantitative estimate of drug-likeness (QED) is 0.337. The third-order valence-corrected chi connectivity index (χ3v) is 5.82. The van der Waals surface area contributed by atoms with E-state index in [-0.39, 0.29) is 0 Å². The van der Waals surface area contributed by atoms with Crippen molar-refractivity contribution in [2.45, 2.75) is 40.5 Å². The molecule has 5 rings (SSSR count). The molecule has 0 spiro atoms. The summed E-state index contributed by atoms with van der Waals surface area (Å²) in [6.45, 7) is 8.58. The molecule has 0 atom stereocenters. The average Bonchev–Trinajstić information content (AvgIpc) is 3.41. The van der Waals surface area contributed by atoms with Crippen LogP contribution in [0.3, 0.4) is 0 Å². The van der Waals surface area contributed by atoms with Crippen LogP contribution in [-0.4, -0.2) is 20.2 Å². The maximum atomic E-state index is 5.95. The zero-order valence-electron chi connectivity index (χ0n) is 18.9. The number of aryl methyl sites for hydroxylation is 4. The van der Waals surface area contributed by atoms with Gasteiger partial charge in [0.05, 0.1) is 11.0 Å². The standard InChI is InChI=1S/C27H26N4O/c1-5-6-19-13-17(3)24(18(4)14-19)25-28-22-12-11-21(15-23(22)29-25)27-31-30-26(32-27)20-9-7-16(2)8-10-20/h7-15H,5-6H2,1-4H3,(H,28,29). The second-order valence-electron chi connectivity index (χ2n) is 8.45. The van der Waals surface area contributed by atoms with Crippen molar-refractivity contribution >= 4 is 11.0 Å². The van der Waals surface area contributed by atoms with Crippen LogP contribution in [-0.2, 0) is 6.42 Å². The van der Waals surface area contributed by atoms with Crippen LogP contribution in [0.25, 0.3) is 45.3 Å².